The van der Waals surface area contributed by atoms with Gasteiger partial charge in [-0.2, -0.15) is 0 Å². The number of nitrogens with zero attached hydrogens (tertiary/aromatic N) is 1. The molecule has 170 valence electrons. The van der Waals surface area contributed by atoms with Crippen molar-refractivity contribution in [2.75, 3.05) is 20.8 Å². The van der Waals surface area contributed by atoms with Crippen molar-refractivity contribution in [3.8, 4) is 11.5 Å². The Balaban J connectivity index is 1.65. The van der Waals surface area contributed by atoms with Crippen LogP contribution in [0.25, 0.3) is 0 Å². The largest absolute Gasteiger partial charge is 0.497 e. The maximum Gasteiger partial charge on any atom is 0.326 e. The summed E-state index contributed by atoms with van der Waals surface area (Å²) in [7, 11) is 3.08. The van der Waals surface area contributed by atoms with Crippen molar-refractivity contribution in [2.24, 2.45) is 0 Å². The van der Waals surface area contributed by atoms with E-state index in [1.54, 1.807) is 74.9 Å². The number of carbonyl (C=O) groups is 3. The molecule has 9 heteroatoms. The Labute approximate surface area is 190 Å². The third-order valence-electron chi connectivity index (χ3n) is 5.49. The summed E-state index contributed by atoms with van der Waals surface area (Å²) in [5, 5.41) is 5.46. The number of benzene rings is 2. The maximum atomic E-state index is 13.7. The summed E-state index contributed by atoms with van der Waals surface area (Å²) in [5.74, 6) is 0.724. The quantitative estimate of drug-likeness (QED) is 0.511. The summed E-state index contributed by atoms with van der Waals surface area (Å²) in [6.45, 7) is -0.281. The number of ether oxygens (including phenoxy) is 2. The minimum Gasteiger partial charge on any atom is -0.497 e. The van der Waals surface area contributed by atoms with Gasteiger partial charge >= 0.3 is 6.03 Å². The van der Waals surface area contributed by atoms with Crippen molar-refractivity contribution < 1.29 is 28.3 Å². The molecule has 1 aromatic heterocycles. The van der Waals surface area contributed by atoms with Crippen molar-refractivity contribution >= 4 is 17.8 Å². The van der Waals surface area contributed by atoms with E-state index >= 15 is 0 Å². The zero-order chi connectivity index (χ0) is 23.4. The highest BCUT2D eigenvalue weighted by Gasteiger charge is 2.54. The summed E-state index contributed by atoms with van der Waals surface area (Å²) in [6, 6.07) is 16.4. The number of imide groups is 1. The van der Waals surface area contributed by atoms with Crippen LogP contribution in [0, 0.1) is 0 Å². The molecule has 2 heterocycles. The smallest absolute Gasteiger partial charge is 0.326 e. The highest BCUT2D eigenvalue weighted by Crippen LogP contribution is 2.37. The van der Waals surface area contributed by atoms with Crippen LogP contribution in [0.5, 0.6) is 11.5 Å². The number of methoxy groups -OCH3 is 2. The van der Waals surface area contributed by atoms with Crippen molar-refractivity contribution in [1.29, 1.82) is 0 Å². The fourth-order valence-corrected chi connectivity index (χ4v) is 3.76. The number of amides is 4. The number of urea groups is 1. The van der Waals surface area contributed by atoms with Gasteiger partial charge in [-0.1, -0.05) is 24.3 Å². The van der Waals surface area contributed by atoms with Gasteiger partial charge in [-0.15, -0.1) is 0 Å². The van der Waals surface area contributed by atoms with Crippen LogP contribution in [0.15, 0.2) is 71.3 Å². The van der Waals surface area contributed by atoms with E-state index in [-0.39, 0.29) is 6.54 Å². The number of hydrogen-bond donors (Lipinski definition) is 2. The number of hydrogen-bond acceptors (Lipinski definition) is 6. The molecule has 3 aromatic rings. The standard InChI is InChI=1S/C24H23N3O6/c1-31-18-9-5-16(6-10-18)24(17-7-11-19(32-2)12-8-17)22(29)27(23(30)26-24)15-21(28)25-14-20-4-3-13-33-20/h3-13H,14-15H2,1-2H3,(H,25,28)(H,26,30). The first-order valence-corrected chi connectivity index (χ1v) is 10.2. The first kappa shape index (κ1) is 21.9. The van der Waals surface area contributed by atoms with Gasteiger partial charge in [0.2, 0.25) is 5.91 Å². The Morgan fingerprint density at radius 3 is 2.03 bits per heavy atom. The van der Waals surface area contributed by atoms with Gasteiger partial charge in [0.25, 0.3) is 5.91 Å². The number of nitrogens with one attached hydrogen (secondary N) is 2. The SMILES string of the molecule is COc1ccc(C2(c3ccc(OC)cc3)NC(=O)N(CC(=O)NCc3ccco3)C2=O)cc1. The minimum atomic E-state index is -1.50. The normalized spacial score (nSPS) is 14.7. The van der Waals surface area contributed by atoms with Gasteiger partial charge in [0.1, 0.15) is 23.8 Å². The molecule has 9 nitrogen and oxygen atoms in total. The molecule has 0 saturated carbocycles. The lowest BCUT2D eigenvalue weighted by Gasteiger charge is -2.28. The Morgan fingerprint density at radius 2 is 1.55 bits per heavy atom. The average Bonchev–Trinajstić information content (AvgIpc) is 3.46. The van der Waals surface area contributed by atoms with Gasteiger partial charge < -0.3 is 24.5 Å². The van der Waals surface area contributed by atoms with Crippen molar-refractivity contribution in [1.82, 2.24) is 15.5 Å². The molecular weight excluding hydrogens is 426 g/mol. The van der Waals surface area contributed by atoms with E-state index in [9.17, 15) is 14.4 Å². The summed E-state index contributed by atoms with van der Waals surface area (Å²) >= 11 is 0. The summed E-state index contributed by atoms with van der Waals surface area (Å²) < 4.78 is 15.6. The Hall–Kier alpha value is -4.27. The maximum absolute atomic E-state index is 13.7. The van der Waals surface area contributed by atoms with Crippen LogP contribution in [0.2, 0.25) is 0 Å². The minimum absolute atomic E-state index is 0.150. The predicted molar refractivity (Wildman–Crippen MR) is 118 cm³/mol. The zero-order valence-electron chi connectivity index (χ0n) is 18.2. The van der Waals surface area contributed by atoms with E-state index in [4.69, 9.17) is 13.9 Å². The van der Waals surface area contributed by atoms with Gasteiger partial charge in [-0.05, 0) is 47.5 Å². The molecule has 0 unspecified atom stereocenters. The van der Waals surface area contributed by atoms with Gasteiger partial charge in [-0.3, -0.25) is 14.5 Å². The first-order chi connectivity index (χ1) is 16.0. The summed E-state index contributed by atoms with van der Waals surface area (Å²) in [5.41, 5.74) is -0.438. The Bertz CT molecular complexity index is 1090. The molecule has 1 fully saturated rings. The van der Waals surface area contributed by atoms with E-state index in [1.807, 2.05) is 0 Å². The van der Waals surface area contributed by atoms with Crippen molar-refractivity contribution in [3.05, 3.63) is 83.8 Å². The lowest BCUT2D eigenvalue weighted by Crippen LogP contribution is -2.46. The second-order valence-corrected chi connectivity index (χ2v) is 7.38. The molecule has 0 atom stereocenters. The van der Waals surface area contributed by atoms with Crippen molar-refractivity contribution in [3.63, 3.8) is 0 Å². The third kappa shape index (κ3) is 4.12. The van der Waals surface area contributed by atoms with Crippen LogP contribution in [0.1, 0.15) is 16.9 Å². The van der Waals surface area contributed by atoms with E-state index in [0.29, 0.717) is 28.4 Å². The van der Waals surface area contributed by atoms with Crippen LogP contribution in [-0.2, 0) is 21.7 Å². The molecule has 33 heavy (non-hydrogen) atoms. The number of rotatable bonds is 8. The Kier molecular flexibility index (Phi) is 6.03. The molecule has 4 rings (SSSR count). The van der Waals surface area contributed by atoms with Crippen LogP contribution in [0.4, 0.5) is 4.79 Å². The predicted octanol–water partition coefficient (Wildman–Crippen LogP) is 2.41. The molecule has 4 amide bonds. The highest BCUT2D eigenvalue weighted by molar-refractivity contribution is 6.11. The van der Waals surface area contributed by atoms with Gasteiger partial charge in [0.05, 0.1) is 27.0 Å². The lowest BCUT2D eigenvalue weighted by molar-refractivity contribution is -0.134. The molecule has 1 aliphatic rings. The number of furan rings is 1. The van der Waals surface area contributed by atoms with E-state index < -0.39 is 29.9 Å². The molecule has 2 aromatic carbocycles. The van der Waals surface area contributed by atoms with Crippen molar-refractivity contribution in [2.45, 2.75) is 12.1 Å². The third-order valence-corrected chi connectivity index (χ3v) is 5.49. The molecule has 2 N–H and O–H groups in total. The number of carbonyl (C=O) groups excluding carboxylic acids is 3. The second-order valence-electron chi connectivity index (χ2n) is 7.38. The van der Waals surface area contributed by atoms with E-state index in [2.05, 4.69) is 10.6 Å². The van der Waals surface area contributed by atoms with Gasteiger partial charge in [-0.25, -0.2) is 4.79 Å². The molecule has 1 aliphatic heterocycles. The second kappa shape index (κ2) is 9.07. The monoisotopic (exact) mass is 449 g/mol. The van der Waals surface area contributed by atoms with Crippen LogP contribution in [0.3, 0.4) is 0 Å². The molecule has 1 saturated heterocycles. The summed E-state index contributed by atoms with van der Waals surface area (Å²) in [4.78, 5) is 40.0. The van der Waals surface area contributed by atoms with Gasteiger partial charge in [0, 0.05) is 0 Å². The van der Waals surface area contributed by atoms with E-state index in [1.165, 1.54) is 6.26 Å². The first-order valence-electron chi connectivity index (χ1n) is 10.2. The zero-order valence-corrected chi connectivity index (χ0v) is 18.2. The molecular formula is C24H23N3O6. The Morgan fingerprint density at radius 1 is 0.970 bits per heavy atom. The molecule has 0 radical (unpaired) electrons. The molecule has 0 bridgehead atoms. The van der Waals surface area contributed by atoms with Crippen LogP contribution < -0.4 is 20.1 Å². The fourth-order valence-electron chi connectivity index (χ4n) is 3.76. The average molecular weight is 449 g/mol. The highest BCUT2D eigenvalue weighted by atomic mass is 16.5. The van der Waals surface area contributed by atoms with Crippen LogP contribution in [-0.4, -0.2) is 43.5 Å². The molecule has 0 aliphatic carbocycles. The lowest BCUT2D eigenvalue weighted by atomic mass is 9.82. The topological polar surface area (TPSA) is 110 Å². The van der Waals surface area contributed by atoms with Crippen LogP contribution >= 0.6 is 0 Å². The molecule has 0 spiro atoms. The summed E-state index contributed by atoms with van der Waals surface area (Å²) in [6.07, 6.45) is 1.50. The van der Waals surface area contributed by atoms with E-state index in [0.717, 1.165) is 4.90 Å². The van der Waals surface area contributed by atoms with Gasteiger partial charge in [0.15, 0.2) is 5.54 Å². The fraction of sp³-hybridized carbons (Fsp3) is 0.208.